The molecule has 1 aliphatic heterocycles. The summed E-state index contributed by atoms with van der Waals surface area (Å²) in [4.78, 5) is 27.8. The van der Waals surface area contributed by atoms with Crippen molar-refractivity contribution in [3.8, 4) is 6.07 Å². The molecule has 0 bridgehead atoms. The van der Waals surface area contributed by atoms with Gasteiger partial charge in [0.1, 0.15) is 11.0 Å². The van der Waals surface area contributed by atoms with E-state index in [9.17, 15) is 14.9 Å². The predicted molar refractivity (Wildman–Crippen MR) is 67.4 cm³/mol. The number of nitriles is 1. The summed E-state index contributed by atoms with van der Waals surface area (Å²) >= 11 is 0. The number of likely N-dealkylation sites (N-methyl/N-ethyl adjacent to an activating group) is 1. The van der Waals surface area contributed by atoms with Gasteiger partial charge in [-0.1, -0.05) is 6.92 Å². The molecule has 100 valence electrons. The van der Waals surface area contributed by atoms with Crippen molar-refractivity contribution in [3.63, 3.8) is 0 Å². The number of hydrogen-bond acceptors (Lipinski definition) is 3. The van der Waals surface area contributed by atoms with E-state index in [0.717, 1.165) is 0 Å². The monoisotopic (exact) mass is 251 g/mol. The number of nitrogens with zero attached hydrogens (tertiary/aromatic N) is 3. The van der Waals surface area contributed by atoms with Crippen LogP contribution in [0.1, 0.15) is 34.1 Å². The summed E-state index contributed by atoms with van der Waals surface area (Å²) in [5.74, 6) is -0.336. The summed E-state index contributed by atoms with van der Waals surface area (Å²) in [5, 5.41) is 9.18. The van der Waals surface area contributed by atoms with Gasteiger partial charge in [-0.2, -0.15) is 5.26 Å². The fourth-order valence-corrected chi connectivity index (χ4v) is 2.14. The number of carbonyl (C=O) groups excluding carboxylic acids is 2. The van der Waals surface area contributed by atoms with Crippen LogP contribution in [0.5, 0.6) is 0 Å². The van der Waals surface area contributed by atoms with Gasteiger partial charge < -0.3 is 9.80 Å². The first-order valence-corrected chi connectivity index (χ1v) is 6.19. The molecule has 1 rings (SSSR count). The van der Waals surface area contributed by atoms with Crippen molar-refractivity contribution < 1.29 is 9.59 Å². The van der Waals surface area contributed by atoms with Crippen LogP contribution < -0.4 is 0 Å². The molecule has 0 aromatic carbocycles. The molecule has 0 aromatic heterocycles. The topological polar surface area (TPSA) is 64.4 Å². The summed E-state index contributed by atoms with van der Waals surface area (Å²) in [6.07, 6.45) is 0.443. The molecule has 5 nitrogen and oxygen atoms in total. The molecule has 5 heteroatoms. The molecule has 18 heavy (non-hydrogen) atoms. The summed E-state index contributed by atoms with van der Waals surface area (Å²) < 4.78 is 0. The zero-order chi connectivity index (χ0) is 14.1. The highest BCUT2D eigenvalue weighted by Gasteiger charge is 2.47. The van der Waals surface area contributed by atoms with E-state index >= 15 is 0 Å². The van der Waals surface area contributed by atoms with Crippen LogP contribution in [-0.4, -0.2) is 47.3 Å². The lowest BCUT2D eigenvalue weighted by molar-refractivity contribution is -0.161. The highest BCUT2D eigenvalue weighted by molar-refractivity contribution is 5.94. The minimum absolute atomic E-state index is 0.0847. The Kier molecular flexibility index (Phi) is 3.70. The van der Waals surface area contributed by atoms with Crippen LogP contribution in [0.15, 0.2) is 0 Å². The second-order valence-corrected chi connectivity index (χ2v) is 5.54. The van der Waals surface area contributed by atoms with Gasteiger partial charge in [0.05, 0.1) is 6.07 Å². The molecule has 1 unspecified atom stereocenters. The van der Waals surface area contributed by atoms with E-state index in [1.807, 2.05) is 6.92 Å². The van der Waals surface area contributed by atoms with Gasteiger partial charge in [-0.25, -0.2) is 0 Å². The van der Waals surface area contributed by atoms with Crippen molar-refractivity contribution in [2.24, 2.45) is 5.41 Å². The van der Waals surface area contributed by atoms with Crippen molar-refractivity contribution in [3.05, 3.63) is 0 Å². The van der Waals surface area contributed by atoms with Crippen molar-refractivity contribution >= 4 is 11.8 Å². The van der Waals surface area contributed by atoms with E-state index in [-0.39, 0.29) is 11.8 Å². The minimum Gasteiger partial charge on any atom is -0.342 e. The highest BCUT2D eigenvalue weighted by Crippen LogP contribution is 2.30. The SMILES string of the molecule is CCC(C)(C#N)C(=O)N1CCN(C)C(=O)C1(C)C. The van der Waals surface area contributed by atoms with Gasteiger partial charge in [-0.05, 0) is 27.2 Å². The van der Waals surface area contributed by atoms with Crippen molar-refractivity contribution in [1.82, 2.24) is 9.80 Å². The maximum absolute atomic E-state index is 12.5. The van der Waals surface area contributed by atoms with E-state index in [1.54, 1.807) is 37.6 Å². The maximum atomic E-state index is 12.5. The number of carbonyl (C=O) groups is 2. The lowest BCUT2D eigenvalue weighted by Gasteiger charge is -2.46. The largest absolute Gasteiger partial charge is 0.342 e. The van der Waals surface area contributed by atoms with Gasteiger partial charge in [-0.3, -0.25) is 9.59 Å². The third kappa shape index (κ3) is 2.07. The minimum atomic E-state index is -1.05. The average molecular weight is 251 g/mol. The number of piperazine rings is 1. The number of rotatable bonds is 2. The van der Waals surface area contributed by atoms with Gasteiger partial charge in [0.2, 0.25) is 11.8 Å². The smallest absolute Gasteiger partial charge is 0.247 e. The van der Waals surface area contributed by atoms with Crippen LogP contribution in [0.3, 0.4) is 0 Å². The van der Waals surface area contributed by atoms with E-state index < -0.39 is 11.0 Å². The van der Waals surface area contributed by atoms with Crippen LogP contribution in [0.25, 0.3) is 0 Å². The molecule has 0 aromatic rings. The summed E-state index contributed by atoms with van der Waals surface area (Å²) in [6.45, 7) is 7.90. The molecule has 1 fully saturated rings. The van der Waals surface area contributed by atoms with Gasteiger partial charge >= 0.3 is 0 Å². The molecular formula is C13H21N3O2. The van der Waals surface area contributed by atoms with E-state index in [0.29, 0.717) is 19.5 Å². The lowest BCUT2D eigenvalue weighted by Crippen LogP contribution is -2.65. The Labute approximate surface area is 108 Å². The molecule has 1 aliphatic rings. The summed E-state index contributed by atoms with van der Waals surface area (Å²) in [6, 6.07) is 2.07. The molecule has 1 atom stereocenters. The second-order valence-electron chi connectivity index (χ2n) is 5.54. The van der Waals surface area contributed by atoms with E-state index in [2.05, 4.69) is 6.07 Å². The maximum Gasteiger partial charge on any atom is 0.247 e. The van der Waals surface area contributed by atoms with Crippen LogP contribution >= 0.6 is 0 Å². The third-order valence-corrected chi connectivity index (χ3v) is 3.87. The molecule has 0 aliphatic carbocycles. The molecule has 1 saturated heterocycles. The Balaban J connectivity index is 3.08. The van der Waals surface area contributed by atoms with Crippen LogP contribution in [0, 0.1) is 16.7 Å². The highest BCUT2D eigenvalue weighted by atomic mass is 16.2. The Hall–Kier alpha value is -1.57. The quantitative estimate of drug-likeness (QED) is 0.735. The Bertz CT molecular complexity index is 411. The third-order valence-electron chi connectivity index (χ3n) is 3.87. The van der Waals surface area contributed by atoms with E-state index in [4.69, 9.17) is 0 Å². The second kappa shape index (κ2) is 4.60. The Morgan fingerprint density at radius 3 is 2.50 bits per heavy atom. The fraction of sp³-hybridized carbons (Fsp3) is 0.769. The number of hydrogen-bond donors (Lipinski definition) is 0. The molecular weight excluding hydrogens is 230 g/mol. The van der Waals surface area contributed by atoms with E-state index in [1.165, 1.54) is 0 Å². The first-order chi connectivity index (χ1) is 8.20. The Morgan fingerprint density at radius 1 is 1.50 bits per heavy atom. The number of amides is 2. The van der Waals surface area contributed by atoms with Gasteiger partial charge in [0.25, 0.3) is 0 Å². The molecule has 0 spiro atoms. The predicted octanol–water partition coefficient (Wildman–Crippen LogP) is 1.01. The zero-order valence-electron chi connectivity index (χ0n) is 11.8. The molecule has 2 amide bonds. The molecule has 0 radical (unpaired) electrons. The summed E-state index contributed by atoms with van der Waals surface area (Å²) in [5.41, 5.74) is -1.93. The van der Waals surface area contributed by atoms with Crippen molar-refractivity contribution in [1.29, 1.82) is 5.26 Å². The van der Waals surface area contributed by atoms with Gasteiger partial charge in [0.15, 0.2) is 0 Å². The fourth-order valence-electron chi connectivity index (χ4n) is 2.14. The molecule has 0 saturated carbocycles. The lowest BCUT2D eigenvalue weighted by atomic mass is 9.85. The van der Waals surface area contributed by atoms with Crippen LogP contribution in [-0.2, 0) is 9.59 Å². The van der Waals surface area contributed by atoms with Crippen molar-refractivity contribution in [2.45, 2.75) is 39.7 Å². The average Bonchev–Trinajstić information content (AvgIpc) is 2.34. The Morgan fingerprint density at radius 2 is 2.06 bits per heavy atom. The zero-order valence-corrected chi connectivity index (χ0v) is 11.8. The van der Waals surface area contributed by atoms with Crippen molar-refractivity contribution in [2.75, 3.05) is 20.1 Å². The van der Waals surface area contributed by atoms with Gasteiger partial charge in [-0.15, -0.1) is 0 Å². The first-order valence-electron chi connectivity index (χ1n) is 6.19. The first kappa shape index (κ1) is 14.5. The molecule has 0 N–H and O–H groups in total. The summed E-state index contributed by atoms with van der Waals surface area (Å²) in [7, 11) is 1.73. The standard InChI is InChI=1S/C13H21N3O2/c1-6-13(4,9-14)11(18)16-8-7-15(5)10(17)12(16,2)3/h6-8H2,1-5H3. The van der Waals surface area contributed by atoms with Crippen LogP contribution in [0.2, 0.25) is 0 Å². The normalized spacial score (nSPS) is 22.3. The van der Waals surface area contributed by atoms with Crippen LogP contribution in [0.4, 0.5) is 0 Å². The van der Waals surface area contributed by atoms with Gasteiger partial charge in [0, 0.05) is 20.1 Å². The molecule has 1 heterocycles.